The minimum Gasteiger partial charge on any atom is -0.469 e. The summed E-state index contributed by atoms with van der Waals surface area (Å²) in [7, 11) is 1.32. The zero-order valence-corrected chi connectivity index (χ0v) is 14.2. The van der Waals surface area contributed by atoms with Crippen molar-refractivity contribution in [3.8, 4) is 0 Å². The van der Waals surface area contributed by atoms with E-state index in [-0.39, 0.29) is 12.5 Å². The van der Waals surface area contributed by atoms with Gasteiger partial charge in [-0.05, 0) is 36.5 Å². The Morgan fingerprint density at radius 1 is 1.29 bits per heavy atom. The van der Waals surface area contributed by atoms with E-state index in [0.29, 0.717) is 5.92 Å². The topological polar surface area (TPSA) is 91.5 Å². The van der Waals surface area contributed by atoms with E-state index in [1.54, 1.807) is 6.92 Å². The average Bonchev–Trinajstić information content (AvgIpc) is 3.14. The van der Waals surface area contributed by atoms with Crippen LogP contribution in [-0.4, -0.2) is 25.7 Å². The largest absolute Gasteiger partial charge is 0.469 e. The number of carbonyl (C=O) groups is 2. The van der Waals surface area contributed by atoms with Gasteiger partial charge in [-0.2, -0.15) is 0 Å². The molecule has 0 radical (unpaired) electrons. The molecule has 1 saturated carbocycles. The first-order chi connectivity index (χ1) is 11.6. The summed E-state index contributed by atoms with van der Waals surface area (Å²) >= 11 is 0. The summed E-state index contributed by atoms with van der Waals surface area (Å²) in [6.45, 7) is 1.89. The number of hydrogen-bond acceptors (Lipinski definition) is 5. The third-order valence-corrected chi connectivity index (χ3v) is 4.27. The number of carbonyl (C=O) groups excluding carboxylic acids is 2. The van der Waals surface area contributed by atoms with Crippen LogP contribution in [0, 0.1) is 5.92 Å². The molecule has 4 N–H and O–H groups in total. The number of benzene rings is 1. The van der Waals surface area contributed by atoms with Crippen molar-refractivity contribution in [3.05, 3.63) is 29.8 Å². The molecule has 2 amide bonds. The van der Waals surface area contributed by atoms with Gasteiger partial charge in [0, 0.05) is 6.54 Å². The SMILES string of the molecule is COC(=O)[C@@H](C)CNC(=O)NNNc1cccc(C2CCCC2)c1. The number of nitrogens with one attached hydrogen (secondary N) is 4. The van der Waals surface area contributed by atoms with E-state index in [2.05, 4.69) is 38.6 Å². The molecule has 1 aliphatic rings. The maximum absolute atomic E-state index is 11.6. The molecule has 1 aromatic rings. The van der Waals surface area contributed by atoms with Gasteiger partial charge in [0.15, 0.2) is 0 Å². The van der Waals surface area contributed by atoms with Crippen LogP contribution in [0.15, 0.2) is 24.3 Å². The molecule has 132 valence electrons. The molecule has 24 heavy (non-hydrogen) atoms. The Kier molecular flexibility index (Phi) is 6.87. The second-order valence-electron chi connectivity index (χ2n) is 6.12. The smallest absolute Gasteiger partial charge is 0.330 e. The fraction of sp³-hybridized carbons (Fsp3) is 0.529. The minimum atomic E-state index is -0.426. The van der Waals surface area contributed by atoms with Crippen molar-refractivity contribution in [2.45, 2.75) is 38.5 Å². The van der Waals surface area contributed by atoms with Crippen LogP contribution < -0.4 is 21.7 Å². The number of ether oxygens (including phenoxy) is 1. The number of urea groups is 1. The second-order valence-corrected chi connectivity index (χ2v) is 6.12. The first-order valence-electron chi connectivity index (χ1n) is 8.32. The third-order valence-electron chi connectivity index (χ3n) is 4.27. The molecule has 0 aromatic heterocycles. The van der Waals surface area contributed by atoms with Crippen LogP contribution in [0.2, 0.25) is 0 Å². The molecule has 7 heteroatoms. The average molecular weight is 334 g/mol. The number of hydrazine groups is 2. The lowest BCUT2D eigenvalue weighted by molar-refractivity contribution is -0.144. The first kappa shape index (κ1) is 18.1. The molecule has 0 unspecified atom stereocenters. The van der Waals surface area contributed by atoms with E-state index < -0.39 is 11.9 Å². The number of amides is 2. The predicted octanol–water partition coefficient (Wildman–Crippen LogP) is 2.28. The van der Waals surface area contributed by atoms with Crippen molar-refractivity contribution in [3.63, 3.8) is 0 Å². The Morgan fingerprint density at radius 2 is 2.04 bits per heavy atom. The summed E-state index contributed by atoms with van der Waals surface area (Å²) in [5, 5.41) is 2.59. The quantitative estimate of drug-likeness (QED) is 0.454. The highest BCUT2D eigenvalue weighted by molar-refractivity contribution is 5.76. The summed E-state index contributed by atoms with van der Waals surface area (Å²) in [5.41, 5.74) is 10.3. The van der Waals surface area contributed by atoms with Crippen molar-refractivity contribution in [1.82, 2.24) is 16.3 Å². The second kappa shape index (κ2) is 9.12. The van der Waals surface area contributed by atoms with Crippen molar-refractivity contribution < 1.29 is 14.3 Å². The molecule has 0 saturated heterocycles. The molecular weight excluding hydrogens is 308 g/mol. The highest BCUT2D eigenvalue weighted by Crippen LogP contribution is 2.34. The normalized spacial score (nSPS) is 15.6. The molecule has 2 rings (SSSR count). The van der Waals surface area contributed by atoms with Gasteiger partial charge in [-0.3, -0.25) is 10.2 Å². The Hall–Kier alpha value is -2.28. The Labute approximate surface area is 142 Å². The number of hydrogen-bond donors (Lipinski definition) is 4. The maximum Gasteiger partial charge on any atom is 0.330 e. The standard InChI is InChI=1S/C17H26N4O3/c1-12(16(22)24-2)11-18-17(23)20-21-19-15-9-5-8-14(10-15)13-6-3-4-7-13/h5,8-10,12-13,19,21H,3-4,6-7,11H2,1-2H3,(H2,18,20,23)/t12-/m0/s1. The van der Waals surface area contributed by atoms with Crippen LogP contribution in [0.5, 0.6) is 0 Å². The summed E-state index contributed by atoms with van der Waals surface area (Å²) in [6, 6.07) is 7.77. The summed E-state index contributed by atoms with van der Waals surface area (Å²) in [4.78, 5) is 22.9. The number of methoxy groups -OCH3 is 1. The molecule has 0 heterocycles. The molecule has 1 atom stereocenters. The van der Waals surface area contributed by atoms with E-state index in [1.807, 2.05) is 12.1 Å². The van der Waals surface area contributed by atoms with Crippen LogP contribution in [0.3, 0.4) is 0 Å². The van der Waals surface area contributed by atoms with Gasteiger partial charge in [-0.25, -0.2) is 4.79 Å². The molecule has 1 aliphatic carbocycles. The van der Waals surface area contributed by atoms with E-state index in [4.69, 9.17) is 0 Å². The van der Waals surface area contributed by atoms with Crippen molar-refractivity contribution in [2.24, 2.45) is 5.92 Å². The van der Waals surface area contributed by atoms with Gasteiger partial charge in [0.25, 0.3) is 0 Å². The van der Waals surface area contributed by atoms with Crippen LogP contribution in [0.25, 0.3) is 0 Å². The zero-order chi connectivity index (χ0) is 17.4. The Morgan fingerprint density at radius 3 is 2.75 bits per heavy atom. The maximum atomic E-state index is 11.6. The lowest BCUT2D eigenvalue weighted by Gasteiger charge is -2.15. The minimum absolute atomic E-state index is 0.206. The monoisotopic (exact) mass is 334 g/mol. The van der Waals surface area contributed by atoms with Gasteiger partial charge in [-0.15, -0.1) is 5.53 Å². The highest BCUT2D eigenvalue weighted by Gasteiger charge is 2.17. The van der Waals surface area contributed by atoms with Gasteiger partial charge in [-0.1, -0.05) is 31.9 Å². The summed E-state index contributed by atoms with van der Waals surface area (Å²) in [6.07, 6.45) is 5.09. The van der Waals surface area contributed by atoms with Crippen LogP contribution in [-0.2, 0) is 9.53 Å². The molecule has 0 aliphatic heterocycles. The van der Waals surface area contributed by atoms with Crippen LogP contribution >= 0.6 is 0 Å². The molecule has 1 fully saturated rings. The predicted molar refractivity (Wildman–Crippen MR) is 92.1 cm³/mol. The fourth-order valence-electron chi connectivity index (χ4n) is 2.86. The van der Waals surface area contributed by atoms with Gasteiger partial charge < -0.3 is 15.5 Å². The third kappa shape index (κ3) is 5.42. The summed E-state index contributed by atoms with van der Waals surface area (Å²) < 4.78 is 4.60. The lowest BCUT2D eigenvalue weighted by Crippen LogP contribution is -2.48. The molecule has 0 spiro atoms. The van der Waals surface area contributed by atoms with E-state index in [1.165, 1.54) is 38.4 Å². The zero-order valence-electron chi connectivity index (χ0n) is 14.2. The van der Waals surface area contributed by atoms with E-state index >= 15 is 0 Å². The highest BCUT2D eigenvalue weighted by atomic mass is 16.5. The number of rotatable bonds is 7. The fourth-order valence-corrected chi connectivity index (χ4v) is 2.86. The van der Waals surface area contributed by atoms with Gasteiger partial charge in [0.2, 0.25) is 0 Å². The lowest BCUT2D eigenvalue weighted by atomic mass is 9.97. The molecular formula is C17H26N4O3. The van der Waals surface area contributed by atoms with Gasteiger partial charge in [0.1, 0.15) is 0 Å². The van der Waals surface area contributed by atoms with Gasteiger partial charge >= 0.3 is 12.0 Å². The first-order valence-corrected chi connectivity index (χ1v) is 8.32. The molecule has 1 aromatic carbocycles. The van der Waals surface area contributed by atoms with Crippen LogP contribution in [0.1, 0.15) is 44.1 Å². The number of esters is 1. The van der Waals surface area contributed by atoms with Crippen LogP contribution in [0.4, 0.5) is 10.5 Å². The summed E-state index contributed by atoms with van der Waals surface area (Å²) in [5.74, 6) is -0.107. The van der Waals surface area contributed by atoms with Crippen molar-refractivity contribution in [2.75, 3.05) is 19.1 Å². The van der Waals surface area contributed by atoms with Crippen molar-refractivity contribution >= 4 is 17.7 Å². The number of anilines is 1. The molecule has 0 bridgehead atoms. The Balaban J connectivity index is 1.70. The Bertz CT molecular complexity index is 559. The molecule has 7 nitrogen and oxygen atoms in total. The van der Waals surface area contributed by atoms with Gasteiger partial charge in [0.05, 0.1) is 18.7 Å². The van der Waals surface area contributed by atoms with E-state index in [9.17, 15) is 9.59 Å². The van der Waals surface area contributed by atoms with Crippen molar-refractivity contribution in [1.29, 1.82) is 0 Å². The van der Waals surface area contributed by atoms with E-state index in [0.717, 1.165) is 5.69 Å².